The second kappa shape index (κ2) is 4.51. The number of likely N-dealkylation sites (tertiary alicyclic amines) is 1. The summed E-state index contributed by atoms with van der Waals surface area (Å²) in [6.07, 6.45) is -0.347. The molecule has 18 heavy (non-hydrogen) atoms. The molecule has 6 nitrogen and oxygen atoms in total. The van der Waals surface area contributed by atoms with Crippen LogP contribution in [-0.2, 0) is 4.74 Å². The van der Waals surface area contributed by atoms with Crippen molar-refractivity contribution in [2.45, 2.75) is 39.4 Å². The Kier molecular flexibility index (Phi) is 3.19. The van der Waals surface area contributed by atoms with Crippen molar-refractivity contribution in [3.63, 3.8) is 0 Å². The quantitative estimate of drug-likeness (QED) is 0.807. The van der Waals surface area contributed by atoms with Crippen LogP contribution in [0, 0.1) is 6.92 Å². The van der Waals surface area contributed by atoms with Crippen LogP contribution in [0.4, 0.5) is 4.79 Å². The van der Waals surface area contributed by atoms with Crippen molar-refractivity contribution in [2.75, 3.05) is 13.1 Å². The number of ether oxygens (including phenoxy) is 2. The number of rotatable bonds is 2. The van der Waals surface area contributed by atoms with Crippen LogP contribution in [0.2, 0.25) is 0 Å². The maximum absolute atomic E-state index is 11.7. The molecule has 0 atom stereocenters. The summed E-state index contributed by atoms with van der Waals surface area (Å²) in [7, 11) is 0. The molecule has 1 amide bonds. The van der Waals surface area contributed by atoms with Gasteiger partial charge in [0.25, 0.3) is 5.88 Å². The van der Waals surface area contributed by atoms with Crippen molar-refractivity contribution in [3.8, 4) is 5.88 Å². The molecule has 1 aliphatic heterocycles. The number of carbonyl (C=O) groups excluding carboxylic acids is 1. The number of aromatic nitrogens is 1. The van der Waals surface area contributed by atoms with Gasteiger partial charge in [-0.05, 0) is 32.9 Å². The van der Waals surface area contributed by atoms with E-state index in [1.807, 2.05) is 20.8 Å². The van der Waals surface area contributed by atoms with Gasteiger partial charge in [-0.2, -0.15) is 0 Å². The highest BCUT2D eigenvalue weighted by molar-refractivity contribution is 5.69. The van der Waals surface area contributed by atoms with Crippen LogP contribution in [0.1, 0.15) is 26.5 Å². The summed E-state index contributed by atoms with van der Waals surface area (Å²) in [5.41, 5.74) is -0.466. The molecule has 1 saturated heterocycles. The van der Waals surface area contributed by atoms with E-state index in [0.29, 0.717) is 24.7 Å². The highest BCUT2D eigenvalue weighted by Crippen LogP contribution is 2.20. The van der Waals surface area contributed by atoms with Crippen molar-refractivity contribution in [2.24, 2.45) is 0 Å². The molecule has 0 spiro atoms. The predicted octanol–water partition coefficient (Wildman–Crippen LogP) is 1.98. The summed E-state index contributed by atoms with van der Waals surface area (Å²) in [5, 5.41) is 3.73. The lowest BCUT2D eigenvalue weighted by atomic mass is 10.2. The Bertz CT molecular complexity index is 430. The summed E-state index contributed by atoms with van der Waals surface area (Å²) in [6, 6.07) is 1.72. The summed E-state index contributed by atoms with van der Waals surface area (Å²) in [5.74, 6) is 1.16. The van der Waals surface area contributed by atoms with Crippen LogP contribution in [0.3, 0.4) is 0 Å². The van der Waals surface area contributed by atoms with E-state index in [-0.39, 0.29) is 12.2 Å². The molecule has 2 rings (SSSR count). The molecule has 0 aromatic carbocycles. The Balaban J connectivity index is 1.75. The molecular formula is C12H18N2O4. The fourth-order valence-corrected chi connectivity index (χ4v) is 1.56. The maximum atomic E-state index is 11.7. The van der Waals surface area contributed by atoms with E-state index in [2.05, 4.69) is 5.16 Å². The van der Waals surface area contributed by atoms with E-state index in [0.717, 1.165) is 0 Å². The Morgan fingerprint density at radius 3 is 2.67 bits per heavy atom. The standard InChI is InChI=1S/C12H18N2O4/c1-8-5-10(13-18-8)16-9-6-14(7-9)11(15)17-12(2,3)4/h5,9H,6-7H2,1-4H3. The van der Waals surface area contributed by atoms with Crippen LogP contribution in [-0.4, -0.2) is 40.9 Å². The van der Waals surface area contributed by atoms with Gasteiger partial charge in [0.2, 0.25) is 0 Å². The Morgan fingerprint density at radius 1 is 1.50 bits per heavy atom. The monoisotopic (exact) mass is 254 g/mol. The molecule has 1 fully saturated rings. The molecule has 1 aromatic rings. The SMILES string of the molecule is Cc1cc(OC2CN(C(=O)OC(C)(C)C)C2)no1. The zero-order valence-electron chi connectivity index (χ0n) is 11.1. The fraction of sp³-hybridized carbons (Fsp3) is 0.667. The normalized spacial score (nSPS) is 16.3. The molecule has 0 radical (unpaired) electrons. The van der Waals surface area contributed by atoms with Gasteiger partial charge >= 0.3 is 6.09 Å². The molecule has 0 unspecified atom stereocenters. The Labute approximate surface area is 106 Å². The van der Waals surface area contributed by atoms with E-state index < -0.39 is 5.60 Å². The van der Waals surface area contributed by atoms with Crippen molar-refractivity contribution < 1.29 is 18.8 Å². The maximum Gasteiger partial charge on any atom is 0.410 e. The lowest BCUT2D eigenvalue weighted by Gasteiger charge is -2.38. The Morgan fingerprint density at radius 2 is 2.17 bits per heavy atom. The smallest absolute Gasteiger partial charge is 0.410 e. The topological polar surface area (TPSA) is 64.8 Å². The number of carbonyl (C=O) groups is 1. The van der Waals surface area contributed by atoms with E-state index in [9.17, 15) is 4.79 Å². The first-order chi connectivity index (χ1) is 8.33. The lowest BCUT2D eigenvalue weighted by molar-refractivity contribution is -0.0238. The van der Waals surface area contributed by atoms with Gasteiger partial charge in [-0.25, -0.2) is 4.79 Å². The number of nitrogens with zero attached hydrogens (tertiary/aromatic N) is 2. The number of aryl methyl sites for hydroxylation is 1. The second-order valence-corrected chi connectivity index (χ2v) is 5.40. The van der Waals surface area contributed by atoms with Gasteiger partial charge in [0.15, 0.2) is 0 Å². The van der Waals surface area contributed by atoms with Crippen LogP contribution >= 0.6 is 0 Å². The average Bonchev–Trinajstić information content (AvgIpc) is 2.53. The number of hydrogen-bond donors (Lipinski definition) is 0. The van der Waals surface area contributed by atoms with Crippen molar-refractivity contribution >= 4 is 6.09 Å². The molecule has 1 aliphatic rings. The van der Waals surface area contributed by atoms with Crippen LogP contribution in [0.15, 0.2) is 10.6 Å². The molecule has 1 aromatic heterocycles. The van der Waals surface area contributed by atoms with Gasteiger partial charge in [-0.3, -0.25) is 0 Å². The average molecular weight is 254 g/mol. The van der Waals surface area contributed by atoms with Crippen molar-refractivity contribution in [1.82, 2.24) is 10.1 Å². The molecular weight excluding hydrogens is 236 g/mol. The minimum absolute atomic E-state index is 0.0398. The molecule has 0 saturated carbocycles. The molecule has 0 N–H and O–H groups in total. The summed E-state index contributed by atoms with van der Waals surface area (Å²) >= 11 is 0. The first-order valence-electron chi connectivity index (χ1n) is 5.91. The minimum Gasteiger partial charge on any atom is -0.468 e. The summed E-state index contributed by atoms with van der Waals surface area (Å²) in [6.45, 7) is 8.36. The van der Waals surface area contributed by atoms with E-state index in [4.69, 9.17) is 14.0 Å². The molecule has 6 heteroatoms. The highest BCUT2D eigenvalue weighted by atomic mass is 16.6. The molecule has 0 aliphatic carbocycles. The van der Waals surface area contributed by atoms with Crippen molar-refractivity contribution in [3.05, 3.63) is 11.8 Å². The predicted molar refractivity (Wildman–Crippen MR) is 63.5 cm³/mol. The van der Waals surface area contributed by atoms with E-state index in [1.54, 1.807) is 17.9 Å². The minimum atomic E-state index is -0.466. The molecule has 100 valence electrons. The third kappa shape index (κ3) is 3.15. The molecule has 2 heterocycles. The number of amides is 1. The van der Waals surface area contributed by atoms with Crippen molar-refractivity contribution in [1.29, 1.82) is 0 Å². The van der Waals surface area contributed by atoms with Gasteiger partial charge < -0.3 is 18.9 Å². The summed E-state index contributed by atoms with van der Waals surface area (Å²) < 4.78 is 15.7. The van der Waals surface area contributed by atoms with Gasteiger partial charge in [-0.1, -0.05) is 0 Å². The van der Waals surface area contributed by atoms with Crippen LogP contribution in [0.25, 0.3) is 0 Å². The number of hydrogen-bond acceptors (Lipinski definition) is 5. The largest absolute Gasteiger partial charge is 0.468 e. The first kappa shape index (κ1) is 12.7. The second-order valence-electron chi connectivity index (χ2n) is 5.40. The fourth-order valence-electron chi connectivity index (χ4n) is 1.56. The summed E-state index contributed by atoms with van der Waals surface area (Å²) in [4.78, 5) is 13.3. The van der Waals surface area contributed by atoms with Crippen LogP contribution in [0.5, 0.6) is 5.88 Å². The third-order valence-electron chi connectivity index (χ3n) is 2.39. The zero-order valence-corrected chi connectivity index (χ0v) is 11.1. The zero-order chi connectivity index (χ0) is 13.3. The van der Waals surface area contributed by atoms with E-state index >= 15 is 0 Å². The lowest BCUT2D eigenvalue weighted by Crippen LogP contribution is -2.57. The van der Waals surface area contributed by atoms with Gasteiger partial charge in [0.05, 0.1) is 13.1 Å². The highest BCUT2D eigenvalue weighted by Gasteiger charge is 2.35. The Hall–Kier alpha value is -1.72. The van der Waals surface area contributed by atoms with Gasteiger partial charge in [0, 0.05) is 6.07 Å². The van der Waals surface area contributed by atoms with Crippen LogP contribution < -0.4 is 4.74 Å². The molecule has 0 bridgehead atoms. The van der Waals surface area contributed by atoms with E-state index in [1.165, 1.54) is 0 Å². The first-order valence-corrected chi connectivity index (χ1v) is 5.91. The van der Waals surface area contributed by atoms with Gasteiger partial charge in [-0.15, -0.1) is 0 Å². The third-order valence-corrected chi connectivity index (χ3v) is 2.39. The van der Waals surface area contributed by atoms with Gasteiger partial charge in [0.1, 0.15) is 17.5 Å².